The first kappa shape index (κ1) is 29.0. The molecule has 8 rings (SSSR count). The molecule has 10 heteroatoms. The predicted octanol–water partition coefficient (Wildman–Crippen LogP) is 5.52. The number of urea groups is 1. The number of aromatic nitrogens is 3. The molecule has 2 aromatic carbocycles. The zero-order chi connectivity index (χ0) is 30.3. The molecule has 0 radical (unpaired) electrons. The second-order valence-corrected chi connectivity index (χ2v) is 13.2. The first-order chi connectivity index (χ1) is 21.4. The summed E-state index contributed by atoms with van der Waals surface area (Å²) in [5.41, 5.74) is 4.08. The van der Waals surface area contributed by atoms with Crippen LogP contribution in [-0.4, -0.2) is 83.4 Å². The highest BCUT2D eigenvalue weighted by atomic mass is 16.5. The van der Waals surface area contributed by atoms with Crippen LogP contribution in [-0.2, 0) is 10.2 Å². The van der Waals surface area contributed by atoms with Gasteiger partial charge in [-0.05, 0) is 120 Å². The zero-order valence-corrected chi connectivity index (χ0v) is 26.1. The van der Waals surface area contributed by atoms with Crippen molar-refractivity contribution in [3.8, 4) is 11.4 Å². The van der Waals surface area contributed by atoms with E-state index in [1.54, 1.807) is 0 Å². The highest BCUT2D eigenvalue weighted by Gasteiger charge is 2.40. The number of carbonyl (C=O) groups excluding carboxylic acids is 1. The summed E-state index contributed by atoms with van der Waals surface area (Å²) < 4.78 is 5.67. The van der Waals surface area contributed by atoms with Crippen molar-refractivity contribution < 1.29 is 9.53 Å². The van der Waals surface area contributed by atoms with Crippen LogP contribution >= 0.6 is 0 Å². The lowest BCUT2D eigenvalue weighted by Gasteiger charge is -2.48. The van der Waals surface area contributed by atoms with Crippen LogP contribution in [0, 0.1) is 0 Å². The fourth-order valence-corrected chi connectivity index (χ4v) is 7.50. The molecule has 0 aliphatic carbocycles. The Bertz CT molecular complexity index is 1450. The van der Waals surface area contributed by atoms with E-state index in [1.165, 1.54) is 44.5 Å². The fourth-order valence-electron chi connectivity index (χ4n) is 7.50. The number of nitrogens with zero attached hydrogens (tertiary/aromatic N) is 6. The molecule has 5 saturated heterocycles. The molecule has 232 valence electrons. The van der Waals surface area contributed by atoms with Gasteiger partial charge in [-0.15, -0.1) is 0 Å². The molecule has 5 fully saturated rings. The summed E-state index contributed by atoms with van der Waals surface area (Å²) in [6.45, 7) is 12.3. The van der Waals surface area contributed by atoms with Crippen molar-refractivity contribution in [1.82, 2.24) is 19.9 Å². The van der Waals surface area contributed by atoms with Crippen molar-refractivity contribution in [1.29, 1.82) is 0 Å². The number of carbonyl (C=O) groups is 1. The highest BCUT2D eigenvalue weighted by Crippen LogP contribution is 2.43. The van der Waals surface area contributed by atoms with Crippen LogP contribution < -0.4 is 20.4 Å². The molecule has 2 amide bonds. The summed E-state index contributed by atoms with van der Waals surface area (Å²) >= 11 is 0. The van der Waals surface area contributed by atoms with Crippen molar-refractivity contribution in [3.05, 3.63) is 54.1 Å². The van der Waals surface area contributed by atoms with Gasteiger partial charge in [-0.25, -0.2) is 4.79 Å². The first-order valence-corrected chi connectivity index (χ1v) is 16.3. The largest absolute Gasteiger partial charge is 0.377 e. The van der Waals surface area contributed by atoms with Gasteiger partial charge in [-0.3, -0.25) is 0 Å². The van der Waals surface area contributed by atoms with Crippen LogP contribution in [0.3, 0.4) is 0 Å². The smallest absolute Gasteiger partial charge is 0.323 e. The number of benzene rings is 2. The third kappa shape index (κ3) is 5.73. The van der Waals surface area contributed by atoms with Gasteiger partial charge in [-0.1, -0.05) is 12.1 Å². The minimum absolute atomic E-state index is 0.182. The van der Waals surface area contributed by atoms with Crippen molar-refractivity contribution >= 4 is 29.3 Å². The average Bonchev–Trinajstić information content (AvgIpc) is 3.39. The topological polar surface area (TPSA) is 98.7 Å². The van der Waals surface area contributed by atoms with Gasteiger partial charge in [-0.2, -0.15) is 15.0 Å². The number of hydrogen-bond acceptors (Lipinski definition) is 8. The second kappa shape index (κ2) is 12.0. The number of amides is 2. The molecule has 3 aromatic rings. The molecule has 10 nitrogen and oxygen atoms in total. The Morgan fingerprint density at radius 2 is 1.36 bits per heavy atom. The maximum atomic E-state index is 12.9. The number of anilines is 4. The normalized spacial score (nSPS) is 28.2. The van der Waals surface area contributed by atoms with Gasteiger partial charge >= 0.3 is 6.03 Å². The molecule has 44 heavy (non-hydrogen) atoms. The lowest BCUT2D eigenvalue weighted by Crippen LogP contribution is -2.50. The fraction of sp³-hybridized carbons (Fsp3) is 0.529. The quantitative estimate of drug-likeness (QED) is 0.384. The van der Waals surface area contributed by atoms with E-state index in [9.17, 15) is 4.79 Å². The van der Waals surface area contributed by atoms with E-state index in [0.717, 1.165) is 36.6 Å². The molecule has 3 atom stereocenters. The number of ether oxygens (including phenoxy) is 1. The summed E-state index contributed by atoms with van der Waals surface area (Å²) in [5.74, 6) is 2.05. The van der Waals surface area contributed by atoms with Gasteiger partial charge in [0, 0.05) is 35.6 Å². The van der Waals surface area contributed by atoms with Crippen LogP contribution in [0.1, 0.15) is 58.4 Å². The van der Waals surface area contributed by atoms with Crippen molar-refractivity contribution in [2.24, 2.45) is 0 Å². The number of nitrogens with one attached hydrogen (secondary N) is 2. The molecule has 2 bridgehead atoms. The van der Waals surface area contributed by atoms with Crippen LogP contribution in [0.2, 0.25) is 0 Å². The minimum Gasteiger partial charge on any atom is -0.377 e. The van der Waals surface area contributed by atoms with E-state index < -0.39 is 0 Å². The van der Waals surface area contributed by atoms with E-state index in [-0.39, 0.29) is 12.1 Å². The first-order valence-electron chi connectivity index (χ1n) is 16.3. The highest BCUT2D eigenvalue weighted by molar-refractivity contribution is 5.99. The molecule has 5 aliphatic heterocycles. The predicted molar refractivity (Wildman–Crippen MR) is 175 cm³/mol. The van der Waals surface area contributed by atoms with Crippen molar-refractivity contribution in [3.63, 3.8) is 0 Å². The Hall–Kier alpha value is -3.76. The summed E-state index contributed by atoms with van der Waals surface area (Å²) in [7, 11) is 0. The van der Waals surface area contributed by atoms with Gasteiger partial charge < -0.3 is 30.1 Å². The van der Waals surface area contributed by atoms with Crippen LogP contribution in [0.5, 0.6) is 0 Å². The van der Waals surface area contributed by atoms with Gasteiger partial charge in [0.2, 0.25) is 11.9 Å². The molecular weight excluding hydrogens is 552 g/mol. The molecule has 0 saturated carbocycles. The summed E-state index contributed by atoms with van der Waals surface area (Å²) in [6, 6.07) is 16.8. The molecule has 0 unspecified atom stereocenters. The lowest BCUT2D eigenvalue weighted by atomic mass is 9.67. The standard InChI is InChI=1S/C34H44N8O2/c1-23-4-5-24(2)42(23)32-38-30(37-31(39-32)41-20-21-44-22-25(41)3)26-6-10-28(11-7-26)35-33(43)36-29-12-8-27(9-13-29)34-14-17-40(18-15-34)19-16-34/h6-13,23-25H,4-5,14-22H2,1-3H3,(H2,35,36,43)/t23-,24+,25-/m1/s1. The van der Waals surface area contributed by atoms with Gasteiger partial charge in [0.25, 0.3) is 0 Å². The van der Waals surface area contributed by atoms with E-state index in [2.05, 4.69) is 58.2 Å². The average molecular weight is 597 g/mol. The summed E-state index contributed by atoms with van der Waals surface area (Å²) in [6.07, 6.45) is 5.93. The molecule has 2 N–H and O–H groups in total. The third-order valence-electron chi connectivity index (χ3n) is 10.3. The van der Waals surface area contributed by atoms with Gasteiger partial charge in [0.05, 0.1) is 19.3 Å². The number of morpholine rings is 1. The van der Waals surface area contributed by atoms with E-state index in [0.29, 0.717) is 48.2 Å². The molecule has 5 aliphatic rings. The molecular formula is C34H44N8O2. The Morgan fingerprint density at radius 1 is 0.773 bits per heavy atom. The second-order valence-electron chi connectivity index (χ2n) is 13.2. The molecule has 0 spiro atoms. The number of piperidine rings is 3. The Balaban J connectivity index is 1.05. The molecule has 1 aromatic heterocycles. The monoisotopic (exact) mass is 596 g/mol. The van der Waals surface area contributed by atoms with Crippen LogP contribution in [0.25, 0.3) is 11.4 Å². The Labute approximate surface area is 260 Å². The lowest BCUT2D eigenvalue weighted by molar-refractivity contribution is 0.0818. The zero-order valence-electron chi connectivity index (χ0n) is 26.1. The SMILES string of the molecule is C[C@@H]1COCCN1c1nc(-c2ccc(NC(=O)Nc3ccc(C45CCN(CC4)CC5)cc3)cc2)nc(N2[C@H](C)CC[C@@H]2C)n1. The maximum absolute atomic E-state index is 12.9. The number of rotatable bonds is 6. The maximum Gasteiger partial charge on any atom is 0.323 e. The van der Waals surface area contributed by atoms with Crippen molar-refractivity contribution in [2.75, 3.05) is 59.8 Å². The van der Waals surface area contributed by atoms with Gasteiger partial charge in [0.15, 0.2) is 5.82 Å². The Kier molecular flexibility index (Phi) is 7.88. The van der Waals surface area contributed by atoms with Crippen LogP contribution in [0.15, 0.2) is 48.5 Å². The minimum atomic E-state index is -0.266. The number of hydrogen-bond donors (Lipinski definition) is 2. The van der Waals surface area contributed by atoms with E-state index in [4.69, 9.17) is 19.7 Å². The Morgan fingerprint density at radius 3 is 1.98 bits per heavy atom. The number of fused-ring (bicyclic) bond motifs is 3. The van der Waals surface area contributed by atoms with Crippen molar-refractivity contribution in [2.45, 2.75) is 76.4 Å². The summed E-state index contributed by atoms with van der Waals surface area (Å²) in [4.78, 5) is 34.8. The summed E-state index contributed by atoms with van der Waals surface area (Å²) in [5, 5.41) is 5.96. The third-order valence-corrected chi connectivity index (χ3v) is 10.3. The molecule has 6 heterocycles. The van der Waals surface area contributed by atoms with E-state index >= 15 is 0 Å². The van der Waals surface area contributed by atoms with E-state index in [1.807, 2.05) is 36.4 Å². The van der Waals surface area contributed by atoms with Crippen LogP contribution in [0.4, 0.5) is 28.1 Å². The van der Waals surface area contributed by atoms with Gasteiger partial charge in [0.1, 0.15) is 0 Å².